The number of anilines is 1. The van der Waals surface area contributed by atoms with E-state index in [1.54, 1.807) is 0 Å². The molecule has 1 aliphatic carbocycles. The number of rotatable bonds is 6. The molecular weight excluding hydrogens is 334 g/mol. The molecule has 2 N–H and O–H groups in total. The van der Waals surface area contributed by atoms with E-state index in [0.717, 1.165) is 38.0 Å². The maximum atomic E-state index is 11.9. The largest absolute Gasteiger partial charge is 0.376 e. The average Bonchev–Trinajstić information content (AvgIpc) is 2.52. The van der Waals surface area contributed by atoms with Crippen molar-refractivity contribution in [1.82, 2.24) is 5.32 Å². The van der Waals surface area contributed by atoms with E-state index < -0.39 is 20.4 Å². The molecule has 1 saturated carbocycles. The lowest BCUT2D eigenvalue weighted by molar-refractivity contribution is -0.387. The first kappa shape index (κ1) is 18.2. The Kier molecular flexibility index (Phi) is 5.76. The van der Waals surface area contributed by atoms with Crippen LogP contribution in [0.15, 0.2) is 23.1 Å². The van der Waals surface area contributed by atoms with E-state index in [1.165, 1.54) is 18.6 Å². The number of benzene rings is 1. The van der Waals surface area contributed by atoms with Crippen molar-refractivity contribution in [3.05, 3.63) is 28.3 Å². The van der Waals surface area contributed by atoms with Crippen LogP contribution in [0.5, 0.6) is 0 Å². The molecule has 0 aromatic heterocycles. The number of amides is 1. The maximum absolute atomic E-state index is 11.9. The second-order valence-electron chi connectivity index (χ2n) is 5.97. The van der Waals surface area contributed by atoms with Gasteiger partial charge in [0.2, 0.25) is 5.91 Å². The number of nitrogens with one attached hydrogen (secondary N) is 2. The molecule has 0 unspecified atom stereocenters. The highest BCUT2D eigenvalue weighted by Crippen LogP contribution is 2.26. The van der Waals surface area contributed by atoms with Crippen LogP contribution in [0.2, 0.25) is 0 Å². The Balaban J connectivity index is 2.02. The van der Waals surface area contributed by atoms with Crippen LogP contribution < -0.4 is 10.6 Å². The summed E-state index contributed by atoms with van der Waals surface area (Å²) in [5, 5.41) is 16.7. The highest BCUT2D eigenvalue weighted by Gasteiger charge is 2.22. The Morgan fingerprint density at radius 3 is 2.54 bits per heavy atom. The Morgan fingerprint density at radius 1 is 1.29 bits per heavy atom. The van der Waals surface area contributed by atoms with E-state index >= 15 is 0 Å². The SMILES string of the molecule is CS(=O)(=O)c1cc(NCC(=O)NC2CCCCC2)ccc1[N+](=O)[O-]. The molecule has 0 atom stereocenters. The van der Waals surface area contributed by atoms with Crippen molar-refractivity contribution < 1.29 is 18.1 Å². The van der Waals surface area contributed by atoms with Crippen LogP contribution in [-0.4, -0.2) is 38.1 Å². The van der Waals surface area contributed by atoms with Crippen LogP contribution in [0.4, 0.5) is 11.4 Å². The molecule has 0 saturated heterocycles. The molecule has 24 heavy (non-hydrogen) atoms. The van der Waals surface area contributed by atoms with Crippen LogP contribution >= 0.6 is 0 Å². The summed E-state index contributed by atoms with van der Waals surface area (Å²) < 4.78 is 23.4. The Labute approximate surface area is 140 Å². The molecule has 1 fully saturated rings. The number of nitrogens with zero attached hydrogens (tertiary/aromatic N) is 1. The van der Waals surface area contributed by atoms with Gasteiger partial charge in [-0.2, -0.15) is 0 Å². The third-order valence-electron chi connectivity index (χ3n) is 3.98. The molecule has 0 bridgehead atoms. The van der Waals surface area contributed by atoms with E-state index in [2.05, 4.69) is 10.6 Å². The number of nitro benzene ring substituents is 1. The predicted molar refractivity (Wildman–Crippen MR) is 89.7 cm³/mol. The van der Waals surface area contributed by atoms with E-state index in [9.17, 15) is 23.3 Å². The zero-order valence-corrected chi connectivity index (χ0v) is 14.3. The van der Waals surface area contributed by atoms with Crippen LogP contribution in [0.1, 0.15) is 32.1 Å². The molecule has 9 heteroatoms. The molecule has 132 valence electrons. The van der Waals surface area contributed by atoms with Crippen molar-refractivity contribution in [2.45, 2.75) is 43.0 Å². The predicted octanol–water partition coefficient (Wildman–Crippen LogP) is 1.86. The summed E-state index contributed by atoms with van der Waals surface area (Å²) >= 11 is 0. The normalized spacial score (nSPS) is 15.7. The molecule has 1 aliphatic rings. The summed E-state index contributed by atoms with van der Waals surface area (Å²) in [4.78, 5) is 21.8. The van der Waals surface area contributed by atoms with Gasteiger partial charge in [-0.1, -0.05) is 19.3 Å². The lowest BCUT2D eigenvalue weighted by atomic mass is 9.95. The number of sulfone groups is 1. The van der Waals surface area contributed by atoms with E-state index in [4.69, 9.17) is 0 Å². The summed E-state index contributed by atoms with van der Waals surface area (Å²) in [6.07, 6.45) is 6.27. The molecule has 0 radical (unpaired) electrons. The maximum Gasteiger partial charge on any atom is 0.288 e. The van der Waals surface area contributed by atoms with Crippen LogP contribution in [0, 0.1) is 10.1 Å². The highest BCUT2D eigenvalue weighted by atomic mass is 32.2. The average molecular weight is 355 g/mol. The third kappa shape index (κ3) is 4.92. The first-order valence-corrected chi connectivity index (χ1v) is 9.68. The molecule has 1 aromatic carbocycles. The fourth-order valence-corrected chi connectivity index (χ4v) is 3.64. The van der Waals surface area contributed by atoms with Gasteiger partial charge in [0, 0.05) is 24.1 Å². The van der Waals surface area contributed by atoms with Crippen molar-refractivity contribution in [1.29, 1.82) is 0 Å². The summed E-state index contributed by atoms with van der Waals surface area (Å²) in [6.45, 7) is -0.0164. The quantitative estimate of drug-likeness (QED) is 0.594. The van der Waals surface area contributed by atoms with Gasteiger partial charge in [-0.25, -0.2) is 8.42 Å². The lowest BCUT2D eigenvalue weighted by Gasteiger charge is -2.22. The number of carbonyl (C=O) groups excluding carboxylic acids is 1. The van der Waals surface area contributed by atoms with Crippen LogP contribution in [0.3, 0.4) is 0 Å². The first-order chi connectivity index (χ1) is 11.3. The Morgan fingerprint density at radius 2 is 1.96 bits per heavy atom. The highest BCUT2D eigenvalue weighted by molar-refractivity contribution is 7.90. The van der Waals surface area contributed by atoms with Crippen molar-refractivity contribution in [2.24, 2.45) is 0 Å². The molecule has 2 rings (SSSR count). The van der Waals surface area contributed by atoms with Gasteiger partial charge in [0.25, 0.3) is 5.69 Å². The molecule has 0 aliphatic heterocycles. The Hall–Kier alpha value is -2.16. The van der Waals surface area contributed by atoms with Gasteiger partial charge in [0.15, 0.2) is 9.84 Å². The first-order valence-electron chi connectivity index (χ1n) is 7.79. The van der Waals surface area contributed by atoms with Gasteiger partial charge < -0.3 is 10.6 Å². The van der Waals surface area contributed by atoms with Gasteiger partial charge >= 0.3 is 0 Å². The second kappa shape index (κ2) is 7.61. The minimum Gasteiger partial charge on any atom is -0.376 e. The number of hydrogen-bond donors (Lipinski definition) is 2. The van der Waals surface area contributed by atoms with E-state index in [1.807, 2.05) is 0 Å². The minimum atomic E-state index is -3.74. The smallest absolute Gasteiger partial charge is 0.288 e. The lowest BCUT2D eigenvalue weighted by Crippen LogP contribution is -2.39. The van der Waals surface area contributed by atoms with Gasteiger partial charge in [0.1, 0.15) is 4.90 Å². The summed E-state index contributed by atoms with van der Waals surface area (Å²) in [5.74, 6) is -0.179. The molecular formula is C15H21N3O5S. The van der Waals surface area contributed by atoms with Gasteiger partial charge in [-0.3, -0.25) is 14.9 Å². The zero-order valence-electron chi connectivity index (χ0n) is 13.4. The van der Waals surface area contributed by atoms with Crippen molar-refractivity contribution >= 4 is 27.1 Å². The van der Waals surface area contributed by atoms with Crippen LogP contribution in [0.25, 0.3) is 0 Å². The van der Waals surface area contributed by atoms with E-state index in [-0.39, 0.29) is 23.4 Å². The molecule has 0 heterocycles. The monoisotopic (exact) mass is 355 g/mol. The third-order valence-corrected chi connectivity index (χ3v) is 5.11. The number of nitro groups is 1. The van der Waals surface area contributed by atoms with Gasteiger partial charge in [0.05, 0.1) is 11.5 Å². The van der Waals surface area contributed by atoms with Crippen molar-refractivity contribution in [3.8, 4) is 0 Å². The van der Waals surface area contributed by atoms with Crippen LogP contribution in [-0.2, 0) is 14.6 Å². The number of hydrogen-bond acceptors (Lipinski definition) is 6. The standard InChI is InChI=1S/C15H21N3O5S/c1-24(22,23)14-9-12(7-8-13(14)18(20)21)16-10-15(19)17-11-5-3-2-4-6-11/h7-9,11,16H,2-6,10H2,1H3,(H,17,19). The fourth-order valence-electron chi connectivity index (χ4n) is 2.78. The zero-order chi connectivity index (χ0) is 17.7. The molecule has 0 spiro atoms. The Bertz CT molecular complexity index is 727. The summed E-state index contributed by atoms with van der Waals surface area (Å²) in [7, 11) is -3.74. The van der Waals surface area contributed by atoms with Gasteiger partial charge in [-0.15, -0.1) is 0 Å². The molecule has 1 aromatic rings. The van der Waals surface area contributed by atoms with Crippen molar-refractivity contribution in [2.75, 3.05) is 18.1 Å². The number of carbonyl (C=O) groups is 1. The van der Waals surface area contributed by atoms with E-state index in [0.29, 0.717) is 5.69 Å². The van der Waals surface area contributed by atoms with Crippen molar-refractivity contribution in [3.63, 3.8) is 0 Å². The minimum absolute atomic E-state index is 0.0164. The summed E-state index contributed by atoms with van der Waals surface area (Å²) in [6, 6.07) is 3.89. The summed E-state index contributed by atoms with van der Waals surface area (Å²) in [5.41, 5.74) is -0.130. The van der Waals surface area contributed by atoms with Gasteiger partial charge in [-0.05, 0) is 25.0 Å². The topological polar surface area (TPSA) is 118 Å². The molecule has 1 amide bonds. The molecule has 8 nitrogen and oxygen atoms in total. The second-order valence-corrected chi connectivity index (χ2v) is 7.95. The fraction of sp³-hybridized carbons (Fsp3) is 0.533.